The molecule has 1 aliphatic heterocycles. The van der Waals surface area contributed by atoms with E-state index in [9.17, 15) is 8.42 Å². The lowest BCUT2D eigenvalue weighted by atomic mass is 10.2. The zero-order valence-corrected chi connectivity index (χ0v) is 15.4. The van der Waals surface area contributed by atoms with E-state index in [1.807, 2.05) is 12.1 Å². The number of nitrogens with one attached hydrogen (secondary N) is 1. The molecule has 134 valence electrons. The number of sulfonamides is 1. The maximum Gasteiger partial charge on any atom is 0.214 e. The summed E-state index contributed by atoms with van der Waals surface area (Å²) >= 11 is 0. The van der Waals surface area contributed by atoms with E-state index >= 15 is 0 Å². The first-order valence-corrected chi connectivity index (χ1v) is 10.5. The van der Waals surface area contributed by atoms with Crippen LogP contribution in [0.15, 0.2) is 24.3 Å². The molecule has 1 aliphatic carbocycles. The molecule has 3 rings (SSSR count). The lowest BCUT2D eigenvalue weighted by molar-refractivity contribution is 0.185. The van der Waals surface area contributed by atoms with E-state index in [2.05, 4.69) is 21.8 Å². The first kappa shape index (κ1) is 17.5. The smallest absolute Gasteiger partial charge is 0.214 e. The molecule has 0 radical (unpaired) electrons. The normalized spacial score (nSPS) is 24.7. The molecule has 6 heteroatoms. The molecule has 0 aromatic heterocycles. The van der Waals surface area contributed by atoms with Gasteiger partial charge in [-0.1, -0.05) is 0 Å². The van der Waals surface area contributed by atoms with Crippen molar-refractivity contribution in [1.82, 2.24) is 4.72 Å². The highest BCUT2D eigenvalue weighted by Crippen LogP contribution is 2.28. The Morgan fingerprint density at radius 3 is 2.38 bits per heavy atom. The fraction of sp³-hybridized carbons (Fsp3) is 0.667. The van der Waals surface area contributed by atoms with E-state index in [1.165, 1.54) is 18.5 Å². The van der Waals surface area contributed by atoms with E-state index in [0.29, 0.717) is 0 Å². The van der Waals surface area contributed by atoms with Gasteiger partial charge in [0.25, 0.3) is 0 Å². The zero-order chi connectivity index (χ0) is 17.2. The van der Waals surface area contributed by atoms with Crippen LogP contribution in [0, 0.1) is 0 Å². The molecule has 5 nitrogen and oxygen atoms in total. The summed E-state index contributed by atoms with van der Waals surface area (Å²) in [6.45, 7) is 5.65. The second-order valence-corrected chi connectivity index (χ2v) is 9.36. The Bertz CT molecular complexity index is 637. The molecule has 2 aliphatic rings. The van der Waals surface area contributed by atoms with E-state index in [-0.39, 0.29) is 12.1 Å². The lowest BCUT2D eigenvalue weighted by Crippen LogP contribution is -2.44. The minimum Gasteiger partial charge on any atom is -0.489 e. The quantitative estimate of drug-likeness (QED) is 0.855. The third-order valence-corrected chi connectivity index (χ3v) is 6.86. The summed E-state index contributed by atoms with van der Waals surface area (Å²) in [4.78, 5) is 2.39. The number of hydrogen-bond acceptors (Lipinski definition) is 4. The molecule has 0 bridgehead atoms. The molecule has 1 saturated heterocycles. The molecular weight excluding hydrogens is 324 g/mol. The Hall–Kier alpha value is -1.27. The molecule has 1 aromatic carbocycles. The summed E-state index contributed by atoms with van der Waals surface area (Å²) in [6.07, 6.45) is 5.15. The first-order chi connectivity index (χ1) is 11.5. The Balaban J connectivity index is 1.62. The highest BCUT2D eigenvalue weighted by atomic mass is 32.2. The molecule has 1 N–H and O–H groups in total. The molecule has 24 heavy (non-hydrogen) atoms. The van der Waals surface area contributed by atoms with E-state index in [1.54, 1.807) is 13.8 Å². The molecule has 0 unspecified atom stereocenters. The van der Waals surface area contributed by atoms with Gasteiger partial charge in [-0.2, -0.15) is 0 Å². The van der Waals surface area contributed by atoms with Gasteiger partial charge in [0, 0.05) is 18.8 Å². The minimum atomic E-state index is -3.26. The van der Waals surface area contributed by atoms with Crippen LogP contribution in [-0.2, 0) is 10.0 Å². The van der Waals surface area contributed by atoms with Crippen molar-refractivity contribution in [2.75, 3.05) is 18.0 Å². The average molecular weight is 353 g/mol. The number of rotatable bonds is 6. The van der Waals surface area contributed by atoms with E-state index in [4.69, 9.17) is 4.74 Å². The van der Waals surface area contributed by atoms with Gasteiger partial charge in [-0.3, -0.25) is 0 Å². The number of ether oxygens (including phenoxy) is 1. The number of hydrogen-bond donors (Lipinski definition) is 1. The van der Waals surface area contributed by atoms with Crippen LogP contribution in [0.5, 0.6) is 5.75 Å². The number of nitrogens with zero attached hydrogens (tertiary/aromatic N) is 1. The fourth-order valence-electron chi connectivity index (χ4n) is 3.43. The number of anilines is 1. The van der Waals surface area contributed by atoms with Crippen molar-refractivity contribution in [2.45, 2.75) is 63.3 Å². The Morgan fingerprint density at radius 2 is 1.75 bits per heavy atom. The van der Waals surface area contributed by atoms with Gasteiger partial charge in [-0.15, -0.1) is 0 Å². The van der Waals surface area contributed by atoms with Gasteiger partial charge in [-0.05, 0) is 70.2 Å². The molecule has 2 fully saturated rings. The Labute approximate surface area is 145 Å². The molecule has 0 amide bonds. The van der Waals surface area contributed by atoms with Gasteiger partial charge in [-0.25, -0.2) is 13.1 Å². The maximum atomic E-state index is 12.1. The van der Waals surface area contributed by atoms with Gasteiger partial charge < -0.3 is 9.64 Å². The third-order valence-electron chi connectivity index (χ3n) is 4.98. The largest absolute Gasteiger partial charge is 0.489 e. The standard InChI is InChI=1S/C18H28N2O3S/c1-14(2)24(21,22)19-17-6-5-7-18(17)23-16-10-8-15(9-11-16)20-12-3-4-13-20/h8-11,14,17-19H,3-7,12-13H2,1-2H3/t17-,18+/m0/s1. The second-order valence-electron chi connectivity index (χ2n) is 7.09. The van der Waals surface area contributed by atoms with Crippen LogP contribution in [0.4, 0.5) is 5.69 Å². The van der Waals surface area contributed by atoms with Crippen LogP contribution >= 0.6 is 0 Å². The highest BCUT2D eigenvalue weighted by molar-refractivity contribution is 7.90. The van der Waals surface area contributed by atoms with Gasteiger partial charge in [0.05, 0.1) is 11.3 Å². The van der Waals surface area contributed by atoms with Gasteiger partial charge >= 0.3 is 0 Å². The third kappa shape index (κ3) is 4.03. The van der Waals surface area contributed by atoms with Crippen LogP contribution in [0.3, 0.4) is 0 Å². The molecular formula is C18H28N2O3S. The number of benzene rings is 1. The van der Waals surface area contributed by atoms with Crippen LogP contribution < -0.4 is 14.4 Å². The SMILES string of the molecule is CC(C)S(=O)(=O)N[C@H]1CCC[C@H]1Oc1ccc(N2CCCC2)cc1. The van der Waals surface area contributed by atoms with Crippen LogP contribution in [0.2, 0.25) is 0 Å². The molecule has 2 atom stereocenters. The monoisotopic (exact) mass is 352 g/mol. The van der Waals surface area contributed by atoms with E-state index < -0.39 is 15.3 Å². The van der Waals surface area contributed by atoms with Gasteiger partial charge in [0.15, 0.2) is 0 Å². The predicted molar refractivity (Wildman–Crippen MR) is 97.1 cm³/mol. The van der Waals surface area contributed by atoms with Crippen LogP contribution in [0.25, 0.3) is 0 Å². The summed E-state index contributed by atoms with van der Waals surface area (Å²) in [5.74, 6) is 0.818. The van der Waals surface area contributed by atoms with Gasteiger partial charge in [0.2, 0.25) is 10.0 Å². The maximum absolute atomic E-state index is 12.1. The lowest BCUT2D eigenvalue weighted by Gasteiger charge is -2.24. The summed E-state index contributed by atoms with van der Waals surface area (Å²) in [5, 5.41) is -0.418. The molecule has 0 spiro atoms. The average Bonchev–Trinajstić information content (AvgIpc) is 3.20. The fourth-order valence-corrected chi connectivity index (χ4v) is 4.40. The van der Waals surface area contributed by atoms with Crippen molar-refractivity contribution in [2.24, 2.45) is 0 Å². The Morgan fingerprint density at radius 1 is 1.08 bits per heavy atom. The van der Waals surface area contributed by atoms with Gasteiger partial charge in [0.1, 0.15) is 11.9 Å². The Kier molecular flexibility index (Phi) is 5.35. The van der Waals surface area contributed by atoms with Crippen molar-refractivity contribution in [3.8, 4) is 5.75 Å². The van der Waals surface area contributed by atoms with Crippen molar-refractivity contribution in [3.63, 3.8) is 0 Å². The summed E-state index contributed by atoms with van der Waals surface area (Å²) in [5.41, 5.74) is 1.24. The predicted octanol–water partition coefficient (Wildman–Crippen LogP) is 2.91. The molecule has 1 aromatic rings. The van der Waals surface area contributed by atoms with Crippen molar-refractivity contribution >= 4 is 15.7 Å². The summed E-state index contributed by atoms with van der Waals surface area (Å²) < 4.78 is 33.1. The zero-order valence-electron chi connectivity index (χ0n) is 14.6. The first-order valence-electron chi connectivity index (χ1n) is 8.98. The van der Waals surface area contributed by atoms with E-state index in [0.717, 1.165) is 38.1 Å². The molecule has 1 heterocycles. The highest BCUT2D eigenvalue weighted by Gasteiger charge is 2.33. The van der Waals surface area contributed by atoms with Crippen molar-refractivity contribution in [1.29, 1.82) is 0 Å². The summed E-state index contributed by atoms with van der Waals surface area (Å²) in [6, 6.07) is 8.07. The van der Waals surface area contributed by atoms with Crippen molar-refractivity contribution < 1.29 is 13.2 Å². The van der Waals surface area contributed by atoms with Crippen LogP contribution in [0.1, 0.15) is 46.0 Å². The second kappa shape index (κ2) is 7.31. The molecule has 1 saturated carbocycles. The van der Waals surface area contributed by atoms with Crippen LogP contribution in [-0.4, -0.2) is 38.9 Å². The minimum absolute atomic E-state index is 0.0869. The topological polar surface area (TPSA) is 58.6 Å². The van der Waals surface area contributed by atoms with Crippen molar-refractivity contribution in [3.05, 3.63) is 24.3 Å². The summed E-state index contributed by atoms with van der Waals surface area (Å²) in [7, 11) is -3.26.